The lowest BCUT2D eigenvalue weighted by molar-refractivity contribution is -0.450. The number of hydrazine groups is 1. The highest BCUT2D eigenvalue weighted by Gasteiger charge is 2.06. The standard InChI is InChI=1S/C7H15N2O5/c1-2-3-8(12)9(13-6-4-10)14-7-5-11/h2,10-11H,1,3-7H2/q-1. The van der Waals surface area contributed by atoms with Crippen LogP contribution in [0.25, 0.3) is 0 Å². The van der Waals surface area contributed by atoms with E-state index in [1.54, 1.807) is 0 Å². The predicted octanol–water partition coefficient (Wildman–Crippen LogP) is -0.963. The van der Waals surface area contributed by atoms with Crippen LogP contribution in [0.1, 0.15) is 0 Å². The van der Waals surface area contributed by atoms with Gasteiger partial charge in [-0.1, -0.05) is 6.08 Å². The largest absolute Gasteiger partial charge is 0.768 e. The molecule has 0 aromatic rings. The molecule has 0 saturated heterocycles. The van der Waals surface area contributed by atoms with Crippen LogP contribution in [0.3, 0.4) is 0 Å². The molecule has 0 bridgehead atoms. The van der Waals surface area contributed by atoms with Crippen LogP contribution in [0, 0.1) is 5.21 Å². The Morgan fingerprint density at radius 1 is 1.21 bits per heavy atom. The molecule has 0 aliphatic rings. The van der Waals surface area contributed by atoms with E-state index >= 15 is 0 Å². The van der Waals surface area contributed by atoms with Crippen LogP contribution in [0.15, 0.2) is 12.7 Å². The third-order valence-corrected chi connectivity index (χ3v) is 1.05. The average molecular weight is 207 g/mol. The van der Waals surface area contributed by atoms with Crippen molar-refractivity contribution in [1.82, 2.24) is 10.5 Å². The Labute approximate surface area is 82.2 Å². The summed E-state index contributed by atoms with van der Waals surface area (Å²) in [6, 6.07) is 0. The first-order valence-electron chi connectivity index (χ1n) is 4.09. The van der Waals surface area contributed by atoms with Gasteiger partial charge in [0.05, 0.1) is 26.4 Å². The van der Waals surface area contributed by atoms with Crippen molar-refractivity contribution >= 4 is 0 Å². The minimum Gasteiger partial charge on any atom is -0.768 e. The molecule has 0 aliphatic carbocycles. The van der Waals surface area contributed by atoms with Crippen LogP contribution in [0.2, 0.25) is 0 Å². The fraction of sp³-hybridized carbons (Fsp3) is 0.714. The van der Waals surface area contributed by atoms with Crippen LogP contribution in [0.5, 0.6) is 0 Å². The molecule has 14 heavy (non-hydrogen) atoms. The van der Waals surface area contributed by atoms with Gasteiger partial charge in [-0.25, -0.2) is 0 Å². The second kappa shape index (κ2) is 9.03. The number of hydrogen-bond acceptors (Lipinski definition) is 7. The first-order valence-corrected chi connectivity index (χ1v) is 4.09. The molecule has 0 fully saturated rings. The molecule has 7 nitrogen and oxygen atoms in total. The van der Waals surface area contributed by atoms with Gasteiger partial charge < -0.3 is 15.4 Å². The Kier molecular flexibility index (Phi) is 8.68. The number of hydrogen-bond donors (Lipinski definition) is 2. The highest BCUT2D eigenvalue weighted by atomic mass is 17.0. The van der Waals surface area contributed by atoms with Gasteiger partial charge in [0.25, 0.3) is 0 Å². The Bertz CT molecular complexity index is 138. The van der Waals surface area contributed by atoms with Gasteiger partial charge in [0.1, 0.15) is 0 Å². The normalized spacial score (nSPS) is 11.2. The molecule has 0 rings (SSSR count). The fourth-order valence-corrected chi connectivity index (χ4v) is 0.581. The zero-order valence-corrected chi connectivity index (χ0v) is 7.83. The van der Waals surface area contributed by atoms with E-state index < -0.39 is 0 Å². The smallest absolute Gasteiger partial charge is 0.0957 e. The maximum Gasteiger partial charge on any atom is 0.0957 e. The monoisotopic (exact) mass is 207 g/mol. The summed E-state index contributed by atoms with van der Waals surface area (Å²) in [6.07, 6.45) is 1.37. The fourth-order valence-electron chi connectivity index (χ4n) is 0.581. The Hall–Kier alpha value is -0.540. The van der Waals surface area contributed by atoms with E-state index in [1.165, 1.54) is 6.08 Å². The molecule has 0 amide bonds. The van der Waals surface area contributed by atoms with Gasteiger partial charge in [0.15, 0.2) is 0 Å². The van der Waals surface area contributed by atoms with Crippen molar-refractivity contribution in [3.05, 3.63) is 17.9 Å². The quantitative estimate of drug-likeness (QED) is 0.371. The van der Waals surface area contributed by atoms with Crippen LogP contribution in [-0.2, 0) is 9.68 Å². The number of rotatable bonds is 9. The van der Waals surface area contributed by atoms with Crippen LogP contribution in [0.4, 0.5) is 0 Å². The number of hydroxylamine groups is 1. The average Bonchev–Trinajstić information content (AvgIpc) is 2.18. The van der Waals surface area contributed by atoms with Crippen LogP contribution < -0.4 is 0 Å². The summed E-state index contributed by atoms with van der Waals surface area (Å²) < 4.78 is 0. The number of nitrogens with zero attached hydrogens (tertiary/aromatic N) is 2. The summed E-state index contributed by atoms with van der Waals surface area (Å²) in [5, 5.41) is 28.9. The van der Waals surface area contributed by atoms with Crippen LogP contribution >= 0.6 is 0 Å². The van der Waals surface area contributed by atoms with E-state index in [0.29, 0.717) is 10.5 Å². The zero-order chi connectivity index (χ0) is 10.8. The molecule has 7 heteroatoms. The van der Waals surface area contributed by atoms with Crippen molar-refractivity contribution in [1.29, 1.82) is 0 Å². The van der Waals surface area contributed by atoms with Gasteiger partial charge >= 0.3 is 0 Å². The summed E-state index contributed by atoms with van der Waals surface area (Å²) in [6.45, 7) is 2.74. The highest BCUT2D eigenvalue weighted by molar-refractivity contribution is 4.69. The lowest BCUT2D eigenvalue weighted by Gasteiger charge is -2.35. The first-order chi connectivity index (χ1) is 6.76. The minimum atomic E-state index is -0.235. The molecule has 0 radical (unpaired) electrons. The minimum absolute atomic E-state index is 0.0170. The summed E-state index contributed by atoms with van der Waals surface area (Å²) in [5.41, 5.74) is 0. The third-order valence-electron chi connectivity index (χ3n) is 1.05. The highest BCUT2D eigenvalue weighted by Crippen LogP contribution is 1.98. The Balaban J connectivity index is 3.86. The summed E-state index contributed by atoms with van der Waals surface area (Å²) >= 11 is 0. The molecule has 0 unspecified atom stereocenters. The number of aliphatic hydroxyl groups excluding tert-OH is 2. The predicted molar refractivity (Wildman–Crippen MR) is 48.2 cm³/mol. The van der Waals surface area contributed by atoms with Crippen molar-refractivity contribution < 1.29 is 19.9 Å². The summed E-state index contributed by atoms with van der Waals surface area (Å²) in [5.74, 6) is 0. The lowest BCUT2D eigenvalue weighted by Crippen LogP contribution is -2.40. The van der Waals surface area contributed by atoms with E-state index in [-0.39, 0.29) is 33.0 Å². The first kappa shape index (κ1) is 13.5. The second-order valence-corrected chi connectivity index (χ2v) is 2.17. The molecule has 0 aliphatic heterocycles. The zero-order valence-electron chi connectivity index (χ0n) is 7.83. The van der Waals surface area contributed by atoms with Gasteiger partial charge in [-0.3, -0.25) is 14.8 Å². The molecule has 0 heterocycles. The van der Waals surface area contributed by atoms with Crippen molar-refractivity contribution in [3.63, 3.8) is 0 Å². The molecule has 0 atom stereocenters. The molecule has 0 spiro atoms. The van der Waals surface area contributed by atoms with Gasteiger partial charge in [0.2, 0.25) is 0 Å². The molecule has 2 N–H and O–H groups in total. The maximum absolute atomic E-state index is 11.1. The maximum atomic E-state index is 11.1. The summed E-state index contributed by atoms with van der Waals surface area (Å²) in [4.78, 5) is 9.45. The van der Waals surface area contributed by atoms with Crippen molar-refractivity contribution in [2.45, 2.75) is 0 Å². The van der Waals surface area contributed by atoms with E-state index in [2.05, 4.69) is 6.58 Å². The lowest BCUT2D eigenvalue weighted by atomic mass is 10.7. The van der Waals surface area contributed by atoms with Crippen molar-refractivity contribution in [2.24, 2.45) is 0 Å². The molecule has 84 valence electrons. The second-order valence-electron chi connectivity index (χ2n) is 2.17. The molecular formula is C7H15N2O5-. The third kappa shape index (κ3) is 6.00. The molecular weight excluding hydrogens is 192 g/mol. The summed E-state index contributed by atoms with van der Waals surface area (Å²) in [7, 11) is 0. The van der Waals surface area contributed by atoms with Gasteiger partial charge in [0, 0.05) is 11.9 Å². The molecule has 0 aromatic carbocycles. The number of aliphatic hydroxyl groups is 2. The molecule has 0 aromatic heterocycles. The Morgan fingerprint density at radius 2 is 1.71 bits per heavy atom. The van der Waals surface area contributed by atoms with E-state index in [1.807, 2.05) is 0 Å². The van der Waals surface area contributed by atoms with Crippen molar-refractivity contribution in [2.75, 3.05) is 33.0 Å². The van der Waals surface area contributed by atoms with Crippen LogP contribution in [-0.4, -0.2) is 53.7 Å². The van der Waals surface area contributed by atoms with E-state index in [4.69, 9.17) is 19.9 Å². The van der Waals surface area contributed by atoms with E-state index in [9.17, 15) is 5.21 Å². The van der Waals surface area contributed by atoms with Gasteiger partial charge in [-0.05, 0) is 0 Å². The Morgan fingerprint density at radius 3 is 2.07 bits per heavy atom. The van der Waals surface area contributed by atoms with Gasteiger partial charge in [-0.15, -0.1) is 6.58 Å². The van der Waals surface area contributed by atoms with Crippen molar-refractivity contribution in [3.8, 4) is 0 Å². The topological polar surface area (TPSA) is 88.5 Å². The van der Waals surface area contributed by atoms with E-state index in [0.717, 1.165) is 0 Å². The SMILES string of the molecule is C=CCN([O-])N(OCCO)OCCO. The molecule has 0 saturated carbocycles. The van der Waals surface area contributed by atoms with Gasteiger partial charge in [-0.2, -0.15) is 0 Å².